The molecule has 2 unspecified atom stereocenters. The molecule has 0 amide bonds. The normalized spacial score (nSPS) is 14.1. The van der Waals surface area contributed by atoms with Gasteiger partial charge in [0.1, 0.15) is 0 Å². The van der Waals surface area contributed by atoms with Gasteiger partial charge in [0, 0.05) is 56.9 Å². The Kier molecular flexibility index (Phi) is 23.1. The SMILES string of the molecule is NCCNCCCCC(NCCN)O[P+](=O)OC(CCCCNCCN)NCCN. The van der Waals surface area contributed by atoms with Crippen molar-refractivity contribution in [1.82, 2.24) is 21.3 Å². The first-order valence-corrected chi connectivity index (χ1v) is 12.3. The Hall–Kier alpha value is -0.300. The van der Waals surface area contributed by atoms with E-state index < -0.39 is 8.25 Å². The van der Waals surface area contributed by atoms with Crippen molar-refractivity contribution in [1.29, 1.82) is 0 Å². The second-order valence-electron chi connectivity index (χ2n) is 6.97. The molecule has 0 aromatic carbocycles. The predicted molar refractivity (Wildman–Crippen MR) is 123 cm³/mol. The molecule has 0 aliphatic carbocycles. The van der Waals surface area contributed by atoms with Crippen LogP contribution in [0.1, 0.15) is 38.5 Å². The zero-order valence-corrected chi connectivity index (χ0v) is 19.3. The van der Waals surface area contributed by atoms with Crippen LogP contribution in [0.2, 0.25) is 0 Å². The first-order chi connectivity index (χ1) is 14.7. The molecule has 180 valence electrons. The molecule has 0 aliphatic rings. The highest BCUT2D eigenvalue weighted by molar-refractivity contribution is 7.33. The van der Waals surface area contributed by atoms with E-state index >= 15 is 0 Å². The van der Waals surface area contributed by atoms with Crippen LogP contribution < -0.4 is 44.2 Å². The van der Waals surface area contributed by atoms with E-state index in [1.165, 1.54) is 0 Å². The number of hydrogen-bond donors (Lipinski definition) is 8. The van der Waals surface area contributed by atoms with E-state index in [0.717, 1.165) is 64.7 Å². The smallest absolute Gasteiger partial charge is 0.329 e. The number of hydrogen-bond acceptors (Lipinski definition) is 11. The molecule has 0 spiro atoms. The van der Waals surface area contributed by atoms with Crippen molar-refractivity contribution in [3.63, 3.8) is 0 Å². The van der Waals surface area contributed by atoms with Crippen molar-refractivity contribution in [3.8, 4) is 0 Å². The van der Waals surface area contributed by atoms with Crippen LogP contribution in [0.25, 0.3) is 0 Å². The molecule has 0 aromatic rings. The van der Waals surface area contributed by atoms with E-state index in [4.69, 9.17) is 32.0 Å². The van der Waals surface area contributed by atoms with Crippen molar-refractivity contribution < 1.29 is 13.6 Å². The van der Waals surface area contributed by atoms with Gasteiger partial charge in [-0.2, -0.15) is 0 Å². The van der Waals surface area contributed by atoms with Crippen LogP contribution >= 0.6 is 8.25 Å². The van der Waals surface area contributed by atoms with Crippen molar-refractivity contribution >= 4 is 8.25 Å². The lowest BCUT2D eigenvalue weighted by Crippen LogP contribution is -2.36. The van der Waals surface area contributed by atoms with E-state index in [9.17, 15) is 4.57 Å². The number of nitrogens with two attached hydrogens (primary N) is 4. The summed E-state index contributed by atoms with van der Waals surface area (Å²) in [7, 11) is -2.27. The lowest BCUT2D eigenvalue weighted by Gasteiger charge is -2.15. The molecular weight excluding hydrogens is 407 g/mol. The lowest BCUT2D eigenvalue weighted by molar-refractivity contribution is 0.0881. The van der Waals surface area contributed by atoms with Crippen molar-refractivity contribution in [2.75, 3.05) is 65.4 Å². The summed E-state index contributed by atoms with van der Waals surface area (Å²) in [5.41, 5.74) is 22.1. The Balaban J connectivity index is 4.31. The van der Waals surface area contributed by atoms with Crippen molar-refractivity contribution in [2.45, 2.75) is 51.0 Å². The van der Waals surface area contributed by atoms with Crippen LogP contribution in [-0.4, -0.2) is 77.9 Å². The molecule has 12 heteroatoms. The summed E-state index contributed by atoms with van der Waals surface area (Å²) in [6, 6.07) is 0. The Bertz CT molecular complexity index is 353. The van der Waals surface area contributed by atoms with Gasteiger partial charge in [-0.15, -0.1) is 0 Å². The molecule has 0 radical (unpaired) electrons. The average molecular weight is 454 g/mol. The number of nitrogens with one attached hydrogen (secondary N) is 4. The summed E-state index contributed by atoms with van der Waals surface area (Å²) in [6.45, 7) is 6.81. The molecule has 0 aromatic heterocycles. The van der Waals surface area contributed by atoms with Gasteiger partial charge in [-0.25, -0.2) is 0 Å². The summed E-state index contributed by atoms with van der Waals surface area (Å²) in [4.78, 5) is 0. The van der Waals surface area contributed by atoms with E-state index in [1.54, 1.807) is 0 Å². The molecule has 0 rings (SSSR count). The molecule has 0 saturated carbocycles. The molecule has 0 fully saturated rings. The van der Waals surface area contributed by atoms with Crippen LogP contribution in [0.3, 0.4) is 0 Å². The Morgan fingerprint density at radius 2 is 1.00 bits per heavy atom. The van der Waals surface area contributed by atoms with Crippen LogP contribution in [-0.2, 0) is 13.6 Å². The summed E-state index contributed by atoms with van der Waals surface area (Å²) >= 11 is 0. The Labute approximate surface area is 183 Å². The molecular formula is C18H46N8O3P+. The van der Waals surface area contributed by atoms with Crippen LogP contribution in [0.5, 0.6) is 0 Å². The van der Waals surface area contributed by atoms with Gasteiger partial charge in [0.2, 0.25) is 0 Å². The summed E-state index contributed by atoms with van der Waals surface area (Å²) in [5.74, 6) is 0. The maximum atomic E-state index is 12.4. The van der Waals surface area contributed by atoms with Crippen LogP contribution in [0.4, 0.5) is 0 Å². The molecule has 0 aliphatic heterocycles. The minimum Gasteiger partial charge on any atom is -0.329 e. The standard InChI is InChI=1S/C18H46N8O3P/c19-7-13-23-11-3-1-5-17(25-15-9-21)28-30(27)29-18(26-16-10-22)6-2-4-12-24-14-8-20/h17-18,23-26H,1-16,19-22H2/q+1. The molecule has 2 atom stereocenters. The van der Waals surface area contributed by atoms with Crippen molar-refractivity contribution in [3.05, 3.63) is 0 Å². The molecule has 12 N–H and O–H groups in total. The zero-order valence-electron chi connectivity index (χ0n) is 18.4. The first-order valence-electron chi connectivity index (χ1n) is 11.2. The zero-order chi connectivity index (χ0) is 22.3. The minimum atomic E-state index is -2.27. The van der Waals surface area contributed by atoms with Gasteiger partial charge >= 0.3 is 8.25 Å². The minimum absolute atomic E-state index is 0.359. The average Bonchev–Trinajstić information content (AvgIpc) is 2.74. The Morgan fingerprint density at radius 3 is 1.37 bits per heavy atom. The fourth-order valence-corrected chi connectivity index (χ4v) is 3.54. The largest absolute Gasteiger partial charge is 0.700 e. The van der Waals surface area contributed by atoms with Gasteiger partial charge in [0.15, 0.2) is 12.5 Å². The third-order valence-corrected chi connectivity index (χ3v) is 5.09. The summed E-state index contributed by atoms with van der Waals surface area (Å²) < 4.78 is 23.7. The Morgan fingerprint density at radius 1 is 0.600 bits per heavy atom. The molecule has 11 nitrogen and oxygen atoms in total. The van der Waals surface area contributed by atoms with E-state index in [1.807, 2.05) is 0 Å². The quantitative estimate of drug-likeness (QED) is 0.0501. The van der Waals surface area contributed by atoms with Gasteiger partial charge in [-0.3, -0.25) is 10.6 Å². The van der Waals surface area contributed by atoms with Crippen molar-refractivity contribution in [2.24, 2.45) is 22.9 Å². The number of unbranched alkanes of at least 4 members (excludes halogenated alkanes) is 2. The lowest BCUT2D eigenvalue weighted by atomic mass is 10.2. The molecule has 30 heavy (non-hydrogen) atoms. The van der Waals surface area contributed by atoms with Gasteiger partial charge in [-0.1, -0.05) is 9.05 Å². The number of rotatable bonds is 24. The summed E-state index contributed by atoms with van der Waals surface area (Å²) in [6.07, 6.45) is 4.55. The molecule has 0 heterocycles. The van der Waals surface area contributed by atoms with Gasteiger partial charge in [0.25, 0.3) is 0 Å². The highest BCUT2D eigenvalue weighted by Gasteiger charge is 2.31. The summed E-state index contributed by atoms with van der Waals surface area (Å²) in [5, 5.41) is 12.9. The van der Waals surface area contributed by atoms with E-state index in [2.05, 4.69) is 21.3 Å². The van der Waals surface area contributed by atoms with Gasteiger partial charge in [0.05, 0.1) is 0 Å². The maximum Gasteiger partial charge on any atom is 0.700 e. The highest BCUT2D eigenvalue weighted by atomic mass is 31.1. The predicted octanol–water partition coefficient (Wildman–Crippen LogP) is -1.14. The highest BCUT2D eigenvalue weighted by Crippen LogP contribution is 2.29. The van der Waals surface area contributed by atoms with E-state index in [0.29, 0.717) is 39.3 Å². The maximum absolute atomic E-state index is 12.4. The fraction of sp³-hybridized carbons (Fsp3) is 1.00. The molecule has 0 saturated heterocycles. The second kappa shape index (κ2) is 23.4. The molecule has 0 bridgehead atoms. The fourth-order valence-electron chi connectivity index (χ4n) is 2.72. The van der Waals surface area contributed by atoms with Gasteiger partial charge in [-0.05, 0) is 51.6 Å². The third-order valence-electron chi connectivity index (χ3n) is 4.24. The third kappa shape index (κ3) is 19.7. The second-order valence-corrected chi connectivity index (χ2v) is 7.84. The van der Waals surface area contributed by atoms with E-state index in [-0.39, 0.29) is 12.5 Å². The van der Waals surface area contributed by atoms with Gasteiger partial charge < -0.3 is 33.6 Å². The van der Waals surface area contributed by atoms with Crippen LogP contribution in [0, 0.1) is 0 Å². The first kappa shape index (κ1) is 29.7. The monoisotopic (exact) mass is 453 g/mol. The van der Waals surface area contributed by atoms with Crippen LogP contribution in [0.15, 0.2) is 0 Å². The topological polar surface area (TPSA) is 188 Å².